The number of carboxylic acid groups (broad SMARTS) is 1. The molecule has 7 nitrogen and oxygen atoms in total. The monoisotopic (exact) mass is 456 g/mol. The second kappa shape index (κ2) is 8.34. The zero-order valence-corrected chi connectivity index (χ0v) is 16.9. The van der Waals surface area contributed by atoms with Crippen molar-refractivity contribution in [2.75, 3.05) is 5.32 Å². The summed E-state index contributed by atoms with van der Waals surface area (Å²) in [7, 11) is 0. The van der Waals surface area contributed by atoms with E-state index in [-0.39, 0.29) is 28.6 Å². The van der Waals surface area contributed by atoms with Crippen LogP contribution in [0.3, 0.4) is 0 Å². The highest BCUT2D eigenvalue weighted by Crippen LogP contribution is 2.31. The van der Waals surface area contributed by atoms with Gasteiger partial charge < -0.3 is 19.8 Å². The number of rotatable bonds is 5. The minimum Gasteiger partial charge on any atom is -0.543 e. The van der Waals surface area contributed by atoms with Crippen molar-refractivity contribution < 1.29 is 27.5 Å². The number of carbonyl (C=O) groups excluding carboxylic acids is 1. The number of aryl methyl sites for hydroxylation is 1. The van der Waals surface area contributed by atoms with Crippen molar-refractivity contribution in [1.82, 2.24) is 19.5 Å². The van der Waals surface area contributed by atoms with E-state index < -0.39 is 29.2 Å². The quantitative estimate of drug-likeness (QED) is 0.458. The SMILES string of the molecule is Cc1cn(-c2ccc(Nc3nc(C(=O)[O-])cc(-c4ccc(C(F)(F)F)cc4)n3)cc2F)cn1. The predicted molar refractivity (Wildman–Crippen MR) is 108 cm³/mol. The molecule has 0 atom stereocenters. The molecule has 1 N–H and O–H groups in total. The van der Waals surface area contributed by atoms with Crippen LogP contribution in [0, 0.1) is 12.7 Å². The Balaban J connectivity index is 1.66. The van der Waals surface area contributed by atoms with E-state index in [1.165, 1.54) is 23.0 Å². The molecule has 0 amide bonds. The molecule has 11 heteroatoms. The van der Waals surface area contributed by atoms with E-state index in [9.17, 15) is 27.5 Å². The van der Waals surface area contributed by atoms with E-state index in [0.717, 1.165) is 36.4 Å². The highest BCUT2D eigenvalue weighted by molar-refractivity contribution is 5.85. The first-order valence-corrected chi connectivity index (χ1v) is 9.46. The molecule has 0 aliphatic heterocycles. The minimum absolute atomic E-state index is 0.0476. The summed E-state index contributed by atoms with van der Waals surface area (Å²) in [5.74, 6) is -2.39. The van der Waals surface area contributed by atoms with Gasteiger partial charge in [-0.1, -0.05) is 12.1 Å². The van der Waals surface area contributed by atoms with E-state index in [0.29, 0.717) is 5.69 Å². The van der Waals surface area contributed by atoms with Gasteiger partial charge in [-0.3, -0.25) is 0 Å². The van der Waals surface area contributed by atoms with Crippen molar-refractivity contribution in [3.05, 3.63) is 83.8 Å². The Morgan fingerprint density at radius 1 is 1.06 bits per heavy atom. The van der Waals surface area contributed by atoms with Gasteiger partial charge in [-0.15, -0.1) is 0 Å². The number of nitrogens with one attached hydrogen (secondary N) is 1. The first-order chi connectivity index (χ1) is 15.6. The fourth-order valence-electron chi connectivity index (χ4n) is 3.06. The van der Waals surface area contributed by atoms with E-state index in [4.69, 9.17) is 0 Å². The maximum atomic E-state index is 14.6. The van der Waals surface area contributed by atoms with Gasteiger partial charge in [0.1, 0.15) is 5.82 Å². The summed E-state index contributed by atoms with van der Waals surface area (Å²) < 4.78 is 54.5. The number of alkyl halides is 3. The Labute approximate surface area is 184 Å². The van der Waals surface area contributed by atoms with Crippen LogP contribution in [0.2, 0.25) is 0 Å². The van der Waals surface area contributed by atoms with Crippen LogP contribution in [-0.2, 0) is 6.18 Å². The molecule has 4 rings (SSSR count). The smallest absolute Gasteiger partial charge is 0.416 e. The lowest BCUT2D eigenvalue weighted by Gasteiger charge is -2.12. The molecule has 0 bridgehead atoms. The molecule has 2 aromatic heterocycles. The summed E-state index contributed by atoms with van der Waals surface area (Å²) in [6, 6.07) is 9.29. The molecular formula is C22H14F4N5O2-. The van der Waals surface area contributed by atoms with Crippen molar-refractivity contribution in [1.29, 1.82) is 0 Å². The minimum atomic E-state index is -4.52. The van der Waals surface area contributed by atoms with E-state index in [1.807, 2.05) is 0 Å². The lowest BCUT2D eigenvalue weighted by molar-refractivity contribution is -0.255. The van der Waals surface area contributed by atoms with Crippen LogP contribution < -0.4 is 10.4 Å². The van der Waals surface area contributed by atoms with Crippen molar-refractivity contribution in [3.8, 4) is 16.9 Å². The van der Waals surface area contributed by atoms with E-state index in [1.54, 1.807) is 13.1 Å². The number of imidazole rings is 1. The number of halogens is 4. The molecule has 0 unspecified atom stereocenters. The third-order valence-electron chi connectivity index (χ3n) is 4.64. The first kappa shape index (κ1) is 21.9. The third kappa shape index (κ3) is 4.81. The summed E-state index contributed by atoms with van der Waals surface area (Å²) in [6.45, 7) is 1.76. The Morgan fingerprint density at radius 2 is 1.79 bits per heavy atom. The van der Waals surface area contributed by atoms with Gasteiger partial charge in [-0.25, -0.2) is 19.3 Å². The Hall–Kier alpha value is -4.28. The predicted octanol–water partition coefficient (Wildman–Crippen LogP) is 3.90. The number of hydrogen-bond donors (Lipinski definition) is 1. The Bertz CT molecular complexity index is 1330. The Kier molecular flexibility index (Phi) is 5.54. The third-order valence-corrected chi connectivity index (χ3v) is 4.64. The molecule has 2 aromatic carbocycles. The lowest BCUT2D eigenvalue weighted by atomic mass is 10.1. The fourth-order valence-corrected chi connectivity index (χ4v) is 3.06. The van der Waals surface area contributed by atoms with Gasteiger partial charge >= 0.3 is 6.18 Å². The Morgan fingerprint density at radius 3 is 2.36 bits per heavy atom. The second-order valence-electron chi connectivity index (χ2n) is 7.04. The van der Waals surface area contributed by atoms with Gasteiger partial charge in [0.2, 0.25) is 5.95 Å². The van der Waals surface area contributed by atoms with Crippen LogP contribution in [0.4, 0.5) is 29.2 Å². The topological polar surface area (TPSA) is 95.8 Å². The molecule has 4 aromatic rings. The largest absolute Gasteiger partial charge is 0.543 e. The van der Waals surface area contributed by atoms with Crippen molar-refractivity contribution >= 4 is 17.6 Å². The van der Waals surface area contributed by atoms with Crippen LogP contribution >= 0.6 is 0 Å². The van der Waals surface area contributed by atoms with Gasteiger partial charge in [0.05, 0.1) is 40.6 Å². The summed E-state index contributed by atoms with van der Waals surface area (Å²) in [5.41, 5.74) is 0.105. The van der Waals surface area contributed by atoms with Crippen molar-refractivity contribution in [3.63, 3.8) is 0 Å². The zero-order valence-electron chi connectivity index (χ0n) is 16.9. The van der Waals surface area contributed by atoms with Crippen LogP contribution in [0.5, 0.6) is 0 Å². The maximum Gasteiger partial charge on any atom is 0.416 e. The summed E-state index contributed by atoms with van der Waals surface area (Å²) in [5, 5.41) is 14.1. The van der Waals surface area contributed by atoms with Gasteiger partial charge in [0, 0.05) is 17.4 Å². The first-order valence-electron chi connectivity index (χ1n) is 9.46. The van der Waals surface area contributed by atoms with Gasteiger partial charge in [-0.2, -0.15) is 13.2 Å². The summed E-state index contributed by atoms with van der Waals surface area (Å²) in [4.78, 5) is 23.4. The van der Waals surface area contributed by atoms with Crippen LogP contribution in [0.15, 0.2) is 61.1 Å². The maximum absolute atomic E-state index is 14.6. The second-order valence-corrected chi connectivity index (χ2v) is 7.04. The van der Waals surface area contributed by atoms with Crippen molar-refractivity contribution in [2.45, 2.75) is 13.1 Å². The van der Waals surface area contributed by atoms with Gasteiger partial charge in [0.25, 0.3) is 0 Å². The number of carboxylic acids is 1. The normalized spacial score (nSPS) is 11.4. The van der Waals surface area contributed by atoms with Crippen LogP contribution in [0.25, 0.3) is 16.9 Å². The van der Waals surface area contributed by atoms with Crippen molar-refractivity contribution in [2.24, 2.45) is 0 Å². The average molecular weight is 456 g/mol. The lowest BCUT2D eigenvalue weighted by Crippen LogP contribution is -2.24. The number of aromatic nitrogens is 4. The summed E-state index contributed by atoms with van der Waals surface area (Å²) in [6.07, 6.45) is -1.41. The number of nitrogens with zero attached hydrogens (tertiary/aromatic N) is 4. The molecular weight excluding hydrogens is 442 g/mol. The molecule has 0 aliphatic rings. The highest BCUT2D eigenvalue weighted by Gasteiger charge is 2.30. The van der Waals surface area contributed by atoms with Gasteiger partial charge in [-0.05, 0) is 43.3 Å². The van der Waals surface area contributed by atoms with E-state index >= 15 is 0 Å². The standard InChI is InChI=1S/C22H15F4N5O2/c1-12-10-31(11-27-12)19-7-6-15(8-16(19)23)28-21-29-17(9-18(30-21)20(32)33)13-2-4-14(5-3-13)22(24,25)26/h2-11H,1H3,(H,32,33)(H,28,29,30)/p-1. The molecule has 2 heterocycles. The molecule has 33 heavy (non-hydrogen) atoms. The molecule has 0 fully saturated rings. The average Bonchev–Trinajstić information content (AvgIpc) is 3.19. The highest BCUT2D eigenvalue weighted by atomic mass is 19.4. The number of anilines is 2. The van der Waals surface area contributed by atoms with Crippen LogP contribution in [-0.4, -0.2) is 25.5 Å². The van der Waals surface area contributed by atoms with Crippen LogP contribution in [0.1, 0.15) is 21.7 Å². The number of hydrogen-bond acceptors (Lipinski definition) is 6. The molecule has 0 spiro atoms. The summed E-state index contributed by atoms with van der Waals surface area (Å²) >= 11 is 0. The molecule has 0 saturated heterocycles. The molecule has 0 radical (unpaired) electrons. The molecule has 168 valence electrons. The molecule has 0 saturated carbocycles. The molecule has 0 aliphatic carbocycles. The number of aromatic carboxylic acids is 1. The number of benzene rings is 2. The zero-order chi connectivity index (χ0) is 23.8. The fraction of sp³-hybridized carbons (Fsp3) is 0.0909. The number of carbonyl (C=O) groups is 1. The van der Waals surface area contributed by atoms with Gasteiger partial charge in [0.15, 0.2) is 0 Å². The van der Waals surface area contributed by atoms with E-state index in [2.05, 4.69) is 20.3 Å².